The van der Waals surface area contributed by atoms with Crippen molar-refractivity contribution in [3.05, 3.63) is 0 Å². The van der Waals surface area contributed by atoms with E-state index >= 15 is 0 Å². The van der Waals surface area contributed by atoms with E-state index in [1.54, 1.807) is 0 Å². The van der Waals surface area contributed by atoms with Gasteiger partial charge in [-0.1, -0.05) is 13.8 Å². The van der Waals surface area contributed by atoms with Gasteiger partial charge in [-0.2, -0.15) is 0 Å². The van der Waals surface area contributed by atoms with Gasteiger partial charge in [-0.25, -0.2) is 0 Å². The predicted octanol–water partition coefficient (Wildman–Crippen LogP) is 1.45. The lowest BCUT2D eigenvalue weighted by molar-refractivity contribution is -0.269. The van der Waals surface area contributed by atoms with Crippen molar-refractivity contribution in [1.29, 1.82) is 0 Å². The van der Waals surface area contributed by atoms with E-state index in [1.807, 2.05) is 0 Å². The van der Waals surface area contributed by atoms with Gasteiger partial charge in [0.2, 0.25) is 0 Å². The highest BCUT2D eigenvalue weighted by atomic mass is 16.6. The Balaban J connectivity index is 2.23. The molecule has 3 heterocycles. The highest BCUT2D eigenvalue weighted by Crippen LogP contribution is 2.41. The molecule has 3 fully saturated rings. The zero-order valence-corrected chi connectivity index (χ0v) is 7.46. The normalized spacial score (nSPS) is 56.5. The zero-order valence-electron chi connectivity index (χ0n) is 7.46. The van der Waals surface area contributed by atoms with Crippen molar-refractivity contribution in [3.63, 3.8) is 0 Å². The minimum absolute atomic E-state index is 0.00579. The topological polar surface area (TPSA) is 18.5 Å². The fourth-order valence-electron chi connectivity index (χ4n) is 2.08. The van der Waals surface area contributed by atoms with Crippen molar-refractivity contribution in [2.45, 2.75) is 32.5 Å². The van der Waals surface area contributed by atoms with Crippen molar-refractivity contribution in [3.8, 4) is 0 Å². The van der Waals surface area contributed by atoms with Crippen LogP contribution in [-0.2, 0) is 9.47 Å². The Kier molecular flexibility index (Phi) is 1.52. The Morgan fingerprint density at radius 1 is 1.36 bits per heavy atom. The van der Waals surface area contributed by atoms with Gasteiger partial charge in [0.15, 0.2) is 0 Å². The van der Waals surface area contributed by atoms with Crippen LogP contribution in [0.15, 0.2) is 0 Å². The van der Waals surface area contributed by atoms with Gasteiger partial charge >= 0.3 is 0 Å². The van der Waals surface area contributed by atoms with Crippen LogP contribution in [0.4, 0.5) is 0 Å². The molecule has 2 heteroatoms. The Morgan fingerprint density at radius 2 is 2.09 bits per heavy atom. The molecule has 0 spiro atoms. The van der Waals surface area contributed by atoms with Crippen molar-refractivity contribution in [2.75, 3.05) is 13.2 Å². The Hall–Kier alpha value is -0.0800. The summed E-state index contributed by atoms with van der Waals surface area (Å²) in [6.07, 6.45) is 0.354. The van der Waals surface area contributed by atoms with Crippen molar-refractivity contribution >= 4 is 0 Å². The lowest BCUT2D eigenvalue weighted by Crippen LogP contribution is -2.59. The van der Waals surface area contributed by atoms with E-state index in [9.17, 15) is 0 Å². The van der Waals surface area contributed by atoms with Crippen LogP contribution < -0.4 is 0 Å². The lowest BCUT2D eigenvalue weighted by Gasteiger charge is -2.52. The van der Waals surface area contributed by atoms with Crippen LogP contribution in [0.1, 0.15) is 20.8 Å². The first-order chi connectivity index (χ1) is 5.13. The summed E-state index contributed by atoms with van der Waals surface area (Å²) < 4.78 is 11.4. The number of hydrogen-bond acceptors (Lipinski definition) is 2. The van der Waals surface area contributed by atoms with Gasteiger partial charge in [0, 0.05) is 0 Å². The van der Waals surface area contributed by atoms with E-state index < -0.39 is 0 Å². The molecule has 0 aromatic carbocycles. The SMILES string of the molecule is C[C@@H]1C2COC(C)(CO2)[C@H]1C. The van der Waals surface area contributed by atoms with Gasteiger partial charge in [0.05, 0.1) is 24.9 Å². The molecule has 0 aliphatic carbocycles. The van der Waals surface area contributed by atoms with Crippen LogP contribution in [0.2, 0.25) is 0 Å². The smallest absolute Gasteiger partial charge is 0.0917 e. The molecule has 0 aromatic heterocycles. The molecule has 4 atom stereocenters. The molecule has 3 rings (SSSR count). The molecule has 2 unspecified atom stereocenters. The first kappa shape index (κ1) is 7.56. The second-order valence-corrected chi connectivity index (χ2v) is 4.12. The first-order valence-electron chi connectivity index (χ1n) is 4.39. The third-order valence-electron chi connectivity index (χ3n) is 3.50. The first-order valence-corrected chi connectivity index (χ1v) is 4.39. The van der Waals surface area contributed by atoms with Crippen LogP contribution in [0.25, 0.3) is 0 Å². The van der Waals surface area contributed by atoms with Crippen LogP contribution in [0, 0.1) is 11.8 Å². The Morgan fingerprint density at radius 3 is 2.45 bits per heavy atom. The Labute approximate surface area is 67.9 Å². The molecule has 0 saturated carbocycles. The molecular formula is C9H16O2. The molecule has 2 bridgehead atoms. The van der Waals surface area contributed by atoms with Crippen LogP contribution >= 0.6 is 0 Å². The average Bonchev–Trinajstić information content (AvgIpc) is 2.01. The summed E-state index contributed by atoms with van der Waals surface area (Å²) >= 11 is 0. The van der Waals surface area contributed by atoms with E-state index in [0.717, 1.165) is 13.2 Å². The van der Waals surface area contributed by atoms with Crippen molar-refractivity contribution < 1.29 is 9.47 Å². The van der Waals surface area contributed by atoms with Gasteiger partial charge in [-0.3, -0.25) is 0 Å². The summed E-state index contributed by atoms with van der Waals surface area (Å²) in [5.74, 6) is 1.29. The minimum atomic E-state index is -0.00579. The van der Waals surface area contributed by atoms with Crippen LogP contribution in [0.3, 0.4) is 0 Å². The van der Waals surface area contributed by atoms with Crippen LogP contribution in [0.5, 0.6) is 0 Å². The fraction of sp³-hybridized carbons (Fsp3) is 1.00. The molecule has 3 saturated heterocycles. The number of ether oxygens (including phenoxy) is 2. The highest BCUT2D eigenvalue weighted by molar-refractivity contribution is 4.96. The summed E-state index contributed by atoms with van der Waals surface area (Å²) in [6.45, 7) is 8.25. The maximum absolute atomic E-state index is 5.72. The molecule has 11 heavy (non-hydrogen) atoms. The number of rotatable bonds is 0. The van der Waals surface area contributed by atoms with Gasteiger partial charge in [-0.05, 0) is 18.8 Å². The molecule has 64 valence electrons. The maximum Gasteiger partial charge on any atom is 0.0917 e. The average molecular weight is 156 g/mol. The number of hydrogen-bond donors (Lipinski definition) is 0. The Bertz CT molecular complexity index is 159. The monoisotopic (exact) mass is 156 g/mol. The second kappa shape index (κ2) is 2.20. The van der Waals surface area contributed by atoms with Gasteiger partial charge in [0.1, 0.15) is 0 Å². The molecule has 0 amide bonds. The van der Waals surface area contributed by atoms with E-state index in [0.29, 0.717) is 17.9 Å². The second-order valence-electron chi connectivity index (χ2n) is 4.12. The molecule has 2 nitrogen and oxygen atoms in total. The molecule has 3 aliphatic rings. The summed E-state index contributed by atoms with van der Waals surface area (Å²) in [5, 5.41) is 0. The third-order valence-corrected chi connectivity index (χ3v) is 3.50. The largest absolute Gasteiger partial charge is 0.373 e. The van der Waals surface area contributed by atoms with Crippen molar-refractivity contribution in [2.24, 2.45) is 11.8 Å². The van der Waals surface area contributed by atoms with Crippen LogP contribution in [-0.4, -0.2) is 24.9 Å². The molecule has 0 N–H and O–H groups in total. The highest BCUT2D eigenvalue weighted by Gasteiger charge is 2.48. The molecular weight excluding hydrogens is 140 g/mol. The summed E-state index contributed by atoms with van der Waals surface area (Å²) in [6, 6.07) is 0. The van der Waals surface area contributed by atoms with E-state index in [-0.39, 0.29) is 5.60 Å². The molecule has 0 aromatic rings. The van der Waals surface area contributed by atoms with Gasteiger partial charge in [-0.15, -0.1) is 0 Å². The minimum Gasteiger partial charge on any atom is -0.373 e. The summed E-state index contributed by atoms with van der Waals surface area (Å²) in [4.78, 5) is 0. The van der Waals surface area contributed by atoms with E-state index in [4.69, 9.17) is 9.47 Å². The predicted molar refractivity (Wildman–Crippen MR) is 42.4 cm³/mol. The summed E-state index contributed by atoms with van der Waals surface area (Å²) in [5.41, 5.74) is -0.00579. The lowest BCUT2D eigenvalue weighted by atomic mass is 9.74. The van der Waals surface area contributed by atoms with Gasteiger partial charge < -0.3 is 9.47 Å². The third kappa shape index (κ3) is 0.926. The molecule has 3 aliphatic heterocycles. The van der Waals surface area contributed by atoms with E-state index in [2.05, 4.69) is 20.8 Å². The van der Waals surface area contributed by atoms with Crippen molar-refractivity contribution in [1.82, 2.24) is 0 Å². The fourth-order valence-corrected chi connectivity index (χ4v) is 2.08. The van der Waals surface area contributed by atoms with Gasteiger partial charge in [0.25, 0.3) is 0 Å². The number of fused-ring (bicyclic) bond motifs is 3. The molecule has 0 radical (unpaired) electrons. The van der Waals surface area contributed by atoms with E-state index in [1.165, 1.54) is 0 Å². The quantitative estimate of drug-likeness (QED) is 0.528. The standard InChI is InChI=1S/C9H16O2/c1-6-7(2)9(3)5-10-8(6)4-11-9/h6-8H,4-5H2,1-3H3/t6-,7-,8?,9?/m0/s1. The maximum atomic E-state index is 5.72. The zero-order chi connectivity index (χ0) is 8.06. The summed E-state index contributed by atoms with van der Waals surface area (Å²) in [7, 11) is 0.